The minimum atomic E-state index is -4.41. The van der Waals surface area contributed by atoms with Crippen LogP contribution in [-0.4, -0.2) is 42.0 Å². The van der Waals surface area contributed by atoms with Crippen molar-refractivity contribution in [1.82, 2.24) is 5.32 Å². The smallest absolute Gasteiger partial charge is 0.401 e. The van der Waals surface area contributed by atoms with Crippen LogP contribution in [0, 0.1) is 0 Å². The molecule has 0 bridgehead atoms. The largest absolute Gasteiger partial charge is 0.480 e. The van der Waals surface area contributed by atoms with Gasteiger partial charge >= 0.3 is 12.1 Å². The van der Waals surface area contributed by atoms with Crippen LogP contribution in [0.1, 0.15) is 19.8 Å². The second-order valence-corrected chi connectivity index (χ2v) is 3.99. The third kappa shape index (κ3) is 3.34. The summed E-state index contributed by atoms with van der Waals surface area (Å²) >= 11 is 0. The minimum absolute atomic E-state index is 0.0401. The van der Waals surface area contributed by atoms with Crippen LogP contribution in [0.15, 0.2) is 0 Å². The number of alkyl halides is 3. The van der Waals surface area contributed by atoms with E-state index < -0.39 is 24.2 Å². The number of aliphatic carboxylic acids is 1. The van der Waals surface area contributed by atoms with Crippen LogP contribution in [0.5, 0.6) is 0 Å². The number of carboxylic acid groups (broad SMARTS) is 1. The fourth-order valence-electron chi connectivity index (χ4n) is 1.79. The van der Waals surface area contributed by atoms with Crippen molar-refractivity contribution in [3.63, 3.8) is 0 Å². The van der Waals surface area contributed by atoms with E-state index in [1.54, 1.807) is 6.92 Å². The molecule has 16 heavy (non-hydrogen) atoms. The Morgan fingerprint density at radius 2 is 2.25 bits per heavy atom. The molecule has 0 aliphatic carbocycles. The van der Waals surface area contributed by atoms with Crippen LogP contribution >= 0.6 is 0 Å². The Morgan fingerprint density at radius 3 is 2.69 bits per heavy atom. The Labute approximate surface area is 90.8 Å². The highest BCUT2D eigenvalue weighted by atomic mass is 19.4. The average molecular weight is 241 g/mol. The molecule has 2 atom stereocenters. The number of nitrogens with one attached hydrogen (secondary N) is 1. The van der Waals surface area contributed by atoms with Crippen molar-refractivity contribution in [1.29, 1.82) is 0 Å². The Hall–Kier alpha value is -0.820. The molecule has 4 nitrogen and oxygen atoms in total. The molecule has 1 fully saturated rings. The van der Waals surface area contributed by atoms with E-state index in [4.69, 9.17) is 9.84 Å². The van der Waals surface area contributed by atoms with Gasteiger partial charge < -0.3 is 9.84 Å². The first-order valence-corrected chi connectivity index (χ1v) is 4.92. The predicted octanol–water partition coefficient (Wildman–Crippen LogP) is 1.16. The van der Waals surface area contributed by atoms with Gasteiger partial charge in [-0.2, -0.15) is 13.2 Å². The quantitative estimate of drug-likeness (QED) is 0.778. The third-order valence-electron chi connectivity index (χ3n) is 2.60. The second-order valence-electron chi connectivity index (χ2n) is 3.99. The van der Waals surface area contributed by atoms with E-state index in [1.807, 2.05) is 0 Å². The van der Waals surface area contributed by atoms with E-state index in [0.717, 1.165) is 0 Å². The lowest BCUT2D eigenvalue weighted by Crippen LogP contribution is -2.58. The summed E-state index contributed by atoms with van der Waals surface area (Å²) in [7, 11) is 0. The van der Waals surface area contributed by atoms with Crippen LogP contribution in [0.25, 0.3) is 0 Å². The van der Waals surface area contributed by atoms with E-state index in [2.05, 4.69) is 5.32 Å². The molecule has 1 aliphatic rings. The first-order chi connectivity index (χ1) is 7.25. The summed E-state index contributed by atoms with van der Waals surface area (Å²) in [5, 5.41) is 11.1. The highest BCUT2D eigenvalue weighted by Gasteiger charge is 2.44. The number of hydrogen-bond acceptors (Lipinski definition) is 3. The molecule has 0 amide bonds. The molecule has 1 aliphatic heterocycles. The van der Waals surface area contributed by atoms with Crippen molar-refractivity contribution in [2.75, 3.05) is 13.2 Å². The van der Waals surface area contributed by atoms with Gasteiger partial charge in [-0.25, -0.2) is 0 Å². The summed E-state index contributed by atoms with van der Waals surface area (Å²) in [6.45, 7) is 0.496. The van der Waals surface area contributed by atoms with E-state index in [1.165, 1.54) is 0 Å². The van der Waals surface area contributed by atoms with Crippen molar-refractivity contribution < 1.29 is 27.8 Å². The van der Waals surface area contributed by atoms with Gasteiger partial charge in [0.1, 0.15) is 5.54 Å². The lowest BCUT2D eigenvalue weighted by molar-refractivity contribution is -0.158. The maximum atomic E-state index is 12.1. The monoisotopic (exact) mass is 241 g/mol. The lowest BCUT2D eigenvalue weighted by atomic mass is 9.87. The molecule has 94 valence electrons. The molecule has 1 heterocycles. The SMILES string of the molecule is CC1CC(NCC(F)(F)F)(C(=O)O)CCO1. The maximum Gasteiger partial charge on any atom is 0.401 e. The van der Waals surface area contributed by atoms with Crippen LogP contribution in [0.4, 0.5) is 13.2 Å². The molecule has 2 unspecified atom stereocenters. The van der Waals surface area contributed by atoms with Gasteiger partial charge in [0.05, 0.1) is 12.6 Å². The molecule has 1 saturated heterocycles. The van der Waals surface area contributed by atoms with Gasteiger partial charge in [0.2, 0.25) is 0 Å². The maximum absolute atomic E-state index is 12.1. The highest BCUT2D eigenvalue weighted by molar-refractivity contribution is 5.79. The number of halogens is 3. The van der Waals surface area contributed by atoms with Crippen molar-refractivity contribution in [3.05, 3.63) is 0 Å². The third-order valence-corrected chi connectivity index (χ3v) is 2.60. The zero-order valence-electron chi connectivity index (χ0n) is 8.80. The van der Waals surface area contributed by atoms with Gasteiger partial charge in [0.25, 0.3) is 0 Å². The first kappa shape index (κ1) is 13.2. The summed E-state index contributed by atoms with van der Waals surface area (Å²) in [6, 6.07) is 0. The Bertz CT molecular complexity index is 269. The first-order valence-electron chi connectivity index (χ1n) is 4.92. The van der Waals surface area contributed by atoms with Crippen molar-refractivity contribution in [2.24, 2.45) is 0 Å². The van der Waals surface area contributed by atoms with Gasteiger partial charge in [-0.05, 0) is 13.3 Å². The summed E-state index contributed by atoms with van der Waals surface area (Å²) in [4.78, 5) is 11.1. The van der Waals surface area contributed by atoms with Gasteiger partial charge in [0.15, 0.2) is 0 Å². The second kappa shape index (κ2) is 4.58. The van der Waals surface area contributed by atoms with Crippen molar-refractivity contribution >= 4 is 5.97 Å². The zero-order valence-corrected chi connectivity index (χ0v) is 8.80. The van der Waals surface area contributed by atoms with E-state index in [9.17, 15) is 18.0 Å². The molecule has 0 saturated carbocycles. The van der Waals surface area contributed by atoms with E-state index in [-0.39, 0.29) is 25.6 Å². The number of rotatable bonds is 3. The molecule has 0 aromatic carbocycles. The number of hydrogen-bond donors (Lipinski definition) is 2. The normalized spacial score (nSPS) is 31.4. The zero-order chi connectivity index (χ0) is 12.4. The molecule has 0 spiro atoms. The van der Waals surface area contributed by atoms with Gasteiger partial charge in [-0.3, -0.25) is 10.1 Å². The van der Waals surface area contributed by atoms with Crippen LogP contribution in [0.2, 0.25) is 0 Å². The van der Waals surface area contributed by atoms with Crippen molar-refractivity contribution in [3.8, 4) is 0 Å². The minimum Gasteiger partial charge on any atom is -0.480 e. The van der Waals surface area contributed by atoms with Crippen LogP contribution in [-0.2, 0) is 9.53 Å². The average Bonchev–Trinajstić information content (AvgIpc) is 2.13. The van der Waals surface area contributed by atoms with Crippen LogP contribution < -0.4 is 5.32 Å². The standard InChI is InChI=1S/C9H14F3NO3/c1-6-4-8(7(14)15,2-3-16-6)13-5-9(10,11)12/h6,13H,2-5H2,1H3,(H,14,15). The number of ether oxygens (including phenoxy) is 1. The van der Waals surface area contributed by atoms with Gasteiger partial charge in [-0.15, -0.1) is 0 Å². The van der Waals surface area contributed by atoms with E-state index in [0.29, 0.717) is 0 Å². The lowest BCUT2D eigenvalue weighted by Gasteiger charge is -2.37. The Balaban J connectivity index is 2.69. The van der Waals surface area contributed by atoms with Gasteiger partial charge in [-0.1, -0.05) is 0 Å². The molecule has 1 rings (SSSR count). The predicted molar refractivity (Wildman–Crippen MR) is 49.1 cm³/mol. The number of carboxylic acids is 1. The molecule has 0 aromatic heterocycles. The van der Waals surface area contributed by atoms with Crippen molar-refractivity contribution in [2.45, 2.75) is 37.6 Å². The molecule has 2 N–H and O–H groups in total. The summed E-state index contributed by atoms with van der Waals surface area (Å²) in [5.74, 6) is -1.26. The summed E-state index contributed by atoms with van der Waals surface area (Å²) in [6.07, 6.45) is -4.68. The molecular formula is C9H14F3NO3. The Kier molecular flexibility index (Phi) is 3.80. The highest BCUT2D eigenvalue weighted by Crippen LogP contribution is 2.26. The fourth-order valence-corrected chi connectivity index (χ4v) is 1.79. The molecule has 7 heteroatoms. The van der Waals surface area contributed by atoms with Gasteiger partial charge in [0, 0.05) is 13.0 Å². The summed E-state index contributed by atoms with van der Waals surface area (Å²) in [5.41, 5.74) is -1.52. The molecule has 0 aromatic rings. The fraction of sp³-hybridized carbons (Fsp3) is 0.889. The summed E-state index contributed by atoms with van der Waals surface area (Å²) < 4.78 is 41.3. The molecule has 0 radical (unpaired) electrons. The van der Waals surface area contributed by atoms with Crippen LogP contribution in [0.3, 0.4) is 0 Å². The number of carbonyl (C=O) groups is 1. The molecular weight excluding hydrogens is 227 g/mol. The van der Waals surface area contributed by atoms with E-state index >= 15 is 0 Å². The Morgan fingerprint density at radius 1 is 1.62 bits per heavy atom. The topological polar surface area (TPSA) is 58.6 Å².